The summed E-state index contributed by atoms with van der Waals surface area (Å²) in [7, 11) is 1.45. The summed E-state index contributed by atoms with van der Waals surface area (Å²) < 4.78 is 26.2. The Bertz CT molecular complexity index is 1700. The van der Waals surface area contributed by atoms with Crippen LogP contribution in [0.2, 0.25) is 0 Å². The lowest BCUT2D eigenvalue weighted by atomic mass is 10.0. The van der Waals surface area contributed by atoms with Crippen molar-refractivity contribution in [2.45, 2.75) is 0 Å². The first-order valence-electron chi connectivity index (χ1n) is 11.8. The number of ether oxygens (including phenoxy) is 2. The maximum absolute atomic E-state index is 14.5. The Hall–Kier alpha value is -4.76. The lowest BCUT2D eigenvalue weighted by Crippen LogP contribution is -2.18. The van der Waals surface area contributed by atoms with Crippen molar-refractivity contribution in [2.75, 3.05) is 7.11 Å². The van der Waals surface area contributed by atoms with Gasteiger partial charge < -0.3 is 14.5 Å². The van der Waals surface area contributed by atoms with E-state index in [1.165, 1.54) is 19.4 Å². The fraction of sp³-hybridized carbons (Fsp3) is 0.0333. The van der Waals surface area contributed by atoms with Crippen molar-refractivity contribution in [3.63, 3.8) is 0 Å². The van der Waals surface area contributed by atoms with E-state index in [1.54, 1.807) is 54.6 Å². The number of hydrogen-bond acceptors (Lipinski definition) is 5. The van der Waals surface area contributed by atoms with Gasteiger partial charge in [0.25, 0.3) is 5.91 Å². The maximum Gasteiger partial charge on any atom is 0.343 e. The fourth-order valence-electron chi connectivity index (χ4n) is 4.07. The number of carbonyl (C=O) groups is 2. The number of benzene rings is 4. The van der Waals surface area contributed by atoms with E-state index >= 15 is 0 Å². The molecule has 0 fully saturated rings. The Labute approximate surface area is 231 Å². The number of amides is 1. The number of para-hydroxylation sites is 1. The van der Waals surface area contributed by atoms with Crippen LogP contribution in [0.1, 0.15) is 26.4 Å². The zero-order chi connectivity index (χ0) is 27.4. The van der Waals surface area contributed by atoms with Crippen LogP contribution in [0, 0.1) is 5.82 Å². The monoisotopic (exact) mass is 585 g/mol. The predicted molar refractivity (Wildman–Crippen MR) is 151 cm³/mol. The summed E-state index contributed by atoms with van der Waals surface area (Å²) in [6, 6.07) is 25.6. The number of hydrogen-bond donors (Lipinski definition) is 2. The highest BCUT2D eigenvalue weighted by Crippen LogP contribution is 2.33. The number of aromatic amines is 1. The van der Waals surface area contributed by atoms with Crippen LogP contribution < -0.4 is 14.9 Å². The molecule has 0 saturated carbocycles. The summed E-state index contributed by atoms with van der Waals surface area (Å²) in [5.41, 5.74) is 5.24. The average Bonchev–Trinajstić information content (AvgIpc) is 3.35. The second-order valence-electron chi connectivity index (χ2n) is 8.41. The summed E-state index contributed by atoms with van der Waals surface area (Å²) in [5, 5.41) is 4.65. The van der Waals surface area contributed by atoms with Crippen LogP contribution in [-0.4, -0.2) is 30.2 Å². The number of esters is 1. The van der Waals surface area contributed by atoms with E-state index in [0.717, 1.165) is 10.0 Å². The van der Waals surface area contributed by atoms with Crippen molar-refractivity contribution in [3.8, 4) is 22.6 Å². The normalized spacial score (nSPS) is 11.1. The zero-order valence-corrected chi connectivity index (χ0v) is 22.2. The molecule has 2 N–H and O–H groups in total. The molecule has 4 aromatic carbocycles. The van der Waals surface area contributed by atoms with E-state index < -0.39 is 17.7 Å². The second-order valence-corrected chi connectivity index (χ2v) is 9.32. The number of nitrogens with zero attached hydrogens (tertiary/aromatic N) is 1. The van der Waals surface area contributed by atoms with Gasteiger partial charge in [-0.1, -0.05) is 58.4 Å². The third kappa shape index (κ3) is 5.58. The van der Waals surface area contributed by atoms with Gasteiger partial charge in [-0.05, 0) is 59.7 Å². The van der Waals surface area contributed by atoms with E-state index in [-0.39, 0.29) is 17.0 Å². The smallest absolute Gasteiger partial charge is 0.343 e. The molecule has 194 valence electrons. The van der Waals surface area contributed by atoms with Crippen LogP contribution >= 0.6 is 15.9 Å². The molecule has 0 aliphatic rings. The molecule has 0 aliphatic carbocycles. The average molecular weight is 586 g/mol. The molecule has 9 heteroatoms. The van der Waals surface area contributed by atoms with E-state index in [2.05, 4.69) is 31.4 Å². The van der Waals surface area contributed by atoms with Crippen molar-refractivity contribution in [1.82, 2.24) is 10.4 Å². The molecular weight excluding hydrogens is 565 g/mol. The Kier molecular flexibility index (Phi) is 7.51. The molecule has 1 heterocycles. The first-order chi connectivity index (χ1) is 18.9. The summed E-state index contributed by atoms with van der Waals surface area (Å²) in [5.74, 6) is -0.973. The van der Waals surface area contributed by atoms with Gasteiger partial charge in [-0.25, -0.2) is 14.6 Å². The number of rotatable bonds is 7. The van der Waals surface area contributed by atoms with Crippen LogP contribution in [0.15, 0.2) is 101 Å². The zero-order valence-electron chi connectivity index (χ0n) is 20.6. The summed E-state index contributed by atoms with van der Waals surface area (Å²) >= 11 is 3.33. The predicted octanol–water partition coefficient (Wildman–Crippen LogP) is 6.73. The van der Waals surface area contributed by atoms with E-state index in [4.69, 9.17) is 9.47 Å². The van der Waals surface area contributed by atoms with Gasteiger partial charge in [-0.2, -0.15) is 5.10 Å². The summed E-state index contributed by atoms with van der Waals surface area (Å²) in [6.07, 6.45) is 1.42. The maximum atomic E-state index is 14.5. The standard InChI is InChI=1S/C30H21BrFN3O4/c1-38-25-16-18(10-15-24(25)39-30(37)20-11-13-21(31)14-12-20)17-33-35-29(36)28-26(19-6-3-2-4-7-19)22-8-5-9-23(32)27(22)34-28/h2-17,34H,1H3,(H,35,36). The molecule has 0 bridgehead atoms. The van der Waals surface area contributed by atoms with Crippen molar-refractivity contribution >= 4 is 44.9 Å². The highest BCUT2D eigenvalue weighted by Gasteiger charge is 2.20. The molecule has 7 nitrogen and oxygen atoms in total. The Balaban J connectivity index is 1.35. The van der Waals surface area contributed by atoms with Gasteiger partial charge in [-0.3, -0.25) is 4.79 Å². The molecule has 0 unspecified atom stereocenters. The summed E-state index contributed by atoms with van der Waals surface area (Å²) in [6.45, 7) is 0. The van der Waals surface area contributed by atoms with Crippen LogP contribution in [0.5, 0.6) is 11.5 Å². The highest BCUT2D eigenvalue weighted by molar-refractivity contribution is 9.10. The van der Waals surface area contributed by atoms with Crippen LogP contribution in [0.25, 0.3) is 22.0 Å². The Morgan fingerprint density at radius 1 is 0.949 bits per heavy atom. The molecule has 1 amide bonds. The number of methoxy groups -OCH3 is 1. The van der Waals surface area contributed by atoms with E-state index in [0.29, 0.717) is 27.8 Å². The van der Waals surface area contributed by atoms with Gasteiger partial charge in [0.1, 0.15) is 11.5 Å². The van der Waals surface area contributed by atoms with Gasteiger partial charge >= 0.3 is 5.97 Å². The molecular formula is C30H21BrFN3O4. The van der Waals surface area contributed by atoms with Crippen molar-refractivity contribution < 1.29 is 23.5 Å². The lowest BCUT2D eigenvalue weighted by Gasteiger charge is -2.10. The number of halogens is 2. The van der Waals surface area contributed by atoms with E-state index in [1.807, 2.05) is 30.3 Å². The summed E-state index contributed by atoms with van der Waals surface area (Å²) in [4.78, 5) is 28.5. The van der Waals surface area contributed by atoms with Crippen molar-refractivity contribution in [1.29, 1.82) is 0 Å². The van der Waals surface area contributed by atoms with Gasteiger partial charge in [0.2, 0.25) is 0 Å². The molecule has 5 aromatic rings. The molecule has 0 spiro atoms. The third-order valence-electron chi connectivity index (χ3n) is 5.92. The number of hydrazone groups is 1. The van der Waals surface area contributed by atoms with Crippen LogP contribution in [-0.2, 0) is 0 Å². The van der Waals surface area contributed by atoms with Crippen molar-refractivity contribution in [2.24, 2.45) is 5.10 Å². The minimum absolute atomic E-state index is 0.186. The minimum Gasteiger partial charge on any atom is -0.493 e. The Morgan fingerprint density at radius 2 is 1.72 bits per heavy atom. The van der Waals surface area contributed by atoms with Gasteiger partial charge in [-0.15, -0.1) is 0 Å². The SMILES string of the molecule is COc1cc(C=NNC(=O)c2[nH]c3c(F)cccc3c2-c2ccccc2)ccc1OC(=O)c1ccc(Br)cc1. The van der Waals surface area contributed by atoms with Crippen LogP contribution in [0.3, 0.4) is 0 Å². The van der Waals surface area contributed by atoms with E-state index in [9.17, 15) is 14.0 Å². The van der Waals surface area contributed by atoms with Crippen molar-refractivity contribution in [3.05, 3.63) is 118 Å². The topological polar surface area (TPSA) is 92.8 Å². The number of carbonyl (C=O) groups excluding carboxylic acids is 2. The van der Waals surface area contributed by atoms with Crippen LogP contribution in [0.4, 0.5) is 4.39 Å². The molecule has 39 heavy (non-hydrogen) atoms. The molecule has 0 saturated heterocycles. The first-order valence-corrected chi connectivity index (χ1v) is 12.6. The highest BCUT2D eigenvalue weighted by atomic mass is 79.9. The molecule has 5 rings (SSSR count). The lowest BCUT2D eigenvalue weighted by molar-refractivity contribution is 0.0729. The second kappa shape index (κ2) is 11.3. The third-order valence-corrected chi connectivity index (χ3v) is 6.45. The number of aromatic nitrogens is 1. The largest absolute Gasteiger partial charge is 0.493 e. The van der Waals surface area contributed by atoms with Gasteiger partial charge in [0.15, 0.2) is 11.5 Å². The first kappa shape index (κ1) is 25.9. The number of fused-ring (bicyclic) bond motifs is 1. The molecule has 1 aromatic heterocycles. The van der Waals surface area contributed by atoms with Gasteiger partial charge in [0, 0.05) is 15.4 Å². The molecule has 0 radical (unpaired) electrons. The number of nitrogens with one attached hydrogen (secondary N) is 2. The van der Waals surface area contributed by atoms with Gasteiger partial charge in [0.05, 0.1) is 24.4 Å². The minimum atomic E-state index is -0.535. The quantitative estimate of drug-likeness (QED) is 0.0958. The molecule has 0 aliphatic heterocycles. The Morgan fingerprint density at radius 3 is 2.46 bits per heavy atom. The molecule has 0 atom stereocenters. The number of H-pyrrole nitrogens is 1. The fourth-order valence-corrected chi connectivity index (χ4v) is 4.34.